The monoisotopic (exact) mass is 536 g/mol. The highest BCUT2D eigenvalue weighted by Gasteiger charge is 2.35. The second kappa shape index (κ2) is 9.94. The van der Waals surface area contributed by atoms with E-state index >= 15 is 0 Å². The number of hydrogen-bond donors (Lipinski definition) is 1. The van der Waals surface area contributed by atoms with Crippen molar-refractivity contribution in [2.75, 3.05) is 13.2 Å². The fourth-order valence-electron chi connectivity index (χ4n) is 5.68. The first-order valence-corrected chi connectivity index (χ1v) is 13.6. The van der Waals surface area contributed by atoms with Crippen LogP contribution in [0.2, 0.25) is 0 Å². The fourth-order valence-corrected chi connectivity index (χ4v) is 5.68. The molecule has 0 saturated heterocycles. The molecule has 2 aromatic carbocycles. The average Bonchev–Trinajstić information content (AvgIpc) is 3.65. The third-order valence-electron chi connectivity index (χ3n) is 7.98. The quantitative estimate of drug-likeness (QED) is 0.328. The van der Waals surface area contributed by atoms with Crippen LogP contribution in [0.1, 0.15) is 58.9 Å². The van der Waals surface area contributed by atoms with Crippen LogP contribution >= 0.6 is 0 Å². The van der Waals surface area contributed by atoms with E-state index in [-0.39, 0.29) is 17.8 Å². The molecule has 2 aliphatic rings. The van der Waals surface area contributed by atoms with E-state index < -0.39 is 11.9 Å². The average molecular weight is 537 g/mol. The number of aryl methyl sites for hydroxylation is 2. The van der Waals surface area contributed by atoms with Crippen LogP contribution in [0.15, 0.2) is 62.4 Å². The number of allylic oxidation sites excluding steroid dienone is 1. The van der Waals surface area contributed by atoms with Crippen LogP contribution in [0.5, 0.6) is 11.5 Å². The summed E-state index contributed by atoms with van der Waals surface area (Å²) < 4.78 is 23.6. The van der Waals surface area contributed by atoms with Gasteiger partial charge in [-0.05, 0) is 104 Å². The van der Waals surface area contributed by atoms with Gasteiger partial charge in [0.2, 0.25) is 0 Å². The lowest BCUT2D eigenvalue weighted by molar-refractivity contribution is -0.138. The molecule has 204 valence electrons. The Morgan fingerprint density at radius 2 is 1.82 bits per heavy atom. The van der Waals surface area contributed by atoms with Gasteiger partial charge in [-0.1, -0.05) is 12.1 Å². The summed E-state index contributed by atoms with van der Waals surface area (Å²) in [6, 6.07) is 14.0. The van der Waals surface area contributed by atoms with Crippen LogP contribution in [0.3, 0.4) is 0 Å². The van der Waals surface area contributed by atoms with E-state index in [1.165, 1.54) is 16.7 Å². The number of esters is 1. The first-order chi connectivity index (χ1) is 19.2. The zero-order chi connectivity index (χ0) is 28.1. The van der Waals surface area contributed by atoms with Crippen molar-refractivity contribution in [2.45, 2.75) is 47.0 Å². The van der Waals surface area contributed by atoms with Gasteiger partial charge in [0.25, 0.3) is 0 Å². The Labute approximate surface area is 232 Å². The fraction of sp³-hybridized carbons (Fsp3) is 0.265. The van der Waals surface area contributed by atoms with Gasteiger partial charge >= 0.3 is 5.97 Å². The number of aromatic hydroxyl groups is 1. The van der Waals surface area contributed by atoms with Gasteiger partial charge in [-0.15, -0.1) is 0 Å². The van der Waals surface area contributed by atoms with Gasteiger partial charge in [0, 0.05) is 24.0 Å². The highest BCUT2D eigenvalue weighted by molar-refractivity contribution is 5.95. The third kappa shape index (κ3) is 4.34. The van der Waals surface area contributed by atoms with E-state index in [4.69, 9.17) is 18.3 Å². The summed E-state index contributed by atoms with van der Waals surface area (Å²) in [5.41, 5.74) is 9.09. The van der Waals surface area contributed by atoms with E-state index in [0.717, 1.165) is 40.2 Å². The topological polar surface area (TPSA) is 82.0 Å². The van der Waals surface area contributed by atoms with Crippen molar-refractivity contribution < 1.29 is 28.2 Å². The Morgan fingerprint density at radius 3 is 2.58 bits per heavy atom. The van der Waals surface area contributed by atoms with Crippen molar-refractivity contribution >= 4 is 18.1 Å². The molecule has 1 atom stereocenters. The van der Waals surface area contributed by atoms with Crippen molar-refractivity contribution in [3.05, 3.63) is 104 Å². The number of rotatable bonds is 5. The Bertz CT molecular complexity index is 1790. The lowest BCUT2D eigenvalue weighted by Crippen LogP contribution is -2.24. The van der Waals surface area contributed by atoms with Gasteiger partial charge in [0.05, 0.1) is 24.4 Å². The molecule has 6 nitrogen and oxygen atoms in total. The molecule has 4 aromatic rings. The maximum atomic E-state index is 13.2. The van der Waals surface area contributed by atoms with Gasteiger partial charge in [-0.2, -0.15) is 0 Å². The number of fused-ring (bicyclic) bond motifs is 2. The maximum absolute atomic E-state index is 13.2. The molecule has 1 N–H and O–H groups in total. The smallest absolute Gasteiger partial charge is 0.335 e. The maximum Gasteiger partial charge on any atom is 0.335 e. The first-order valence-electron chi connectivity index (χ1n) is 13.6. The van der Waals surface area contributed by atoms with Crippen LogP contribution in [0.25, 0.3) is 23.5 Å². The first kappa shape index (κ1) is 25.8. The van der Waals surface area contributed by atoms with E-state index in [1.807, 2.05) is 37.3 Å². The van der Waals surface area contributed by atoms with Gasteiger partial charge in [-0.25, -0.2) is 4.79 Å². The molecule has 0 saturated carbocycles. The van der Waals surface area contributed by atoms with Crippen molar-refractivity contribution in [3.63, 3.8) is 0 Å². The largest absolute Gasteiger partial charge is 0.504 e. The van der Waals surface area contributed by atoms with Crippen molar-refractivity contribution in [3.8, 4) is 22.8 Å². The molecule has 1 aliphatic carbocycles. The van der Waals surface area contributed by atoms with E-state index in [2.05, 4.69) is 32.9 Å². The van der Waals surface area contributed by atoms with Crippen LogP contribution in [0.4, 0.5) is 0 Å². The summed E-state index contributed by atoms with van der Waals surface area (Å²) in [7, 11) is 0. The molecule has 1 aliphatic heterocycles. The van der Waals surface area contributed by atoms with E-state index in [1.54, 1.807) is 19.1 Å². The minimum atomic E-state index is -0.579. The molecule has 6 heteroatoms. The molecule has 0 spiro atoms. The van der Waals surface area contributed by atoms with Crippen LogP contribution in [-0.2, 0) is 16.0 Å². The highest BCUT2D eigenvalue weighted by atomic mass is 16.5. The lowest BCUT2D eigenvalue weighted by Gasteiger charge is -2.24. The Kier molecular flexibility index (Phi) is 6.41. The van der Waals surface area contributed by atoms with E-state index in [0.29, 0.717) is 28.9 Å². The molecule has 0 fully saturated rings. The minimum absolute atomic E-state index is 0.0352. The van der Waals surface area contributed by atoms with E-state index in [9.17, 15) is 9.90 Å². The molecule has 6 rings (SSSR count). The van der Waals surface area contributed by atoms with Gasteiger partial charge < -0.3 is 23.4 Å². The molecule has 0 radical (unpaired) electrons. The number of carbonyl (C=O) groups excluding carboxylic acids is 1. The molecule has 40 heavy (non-hydrogen) atoms. The summed E-state index contributed by atoms with van der Waals surface area (Å²) in [6.07, 6.45) is 4.31. The summed E-state index contributed by atoms with van der Waals surface area (Å²) in [6.45, 7) is 10.8. The van der Waals surface area contributed by atoms with Crippen LogP contribution < -0.4 is 15.6 Å². The van der Waals surface area contributed by atoms with Crippen molar-refractivity contribution in [2.24, 2.45) is 0 Å². The summed E-state index contributed by atoms with van der Waals surface area (Å²) >= 11 is 0. The van der Waals surface area contributed by atoms with Crippen LogP contribution in [-0.4, -0.2) is 24.3 Å². The second-order valence-electron chi connectivity index (χ2n) is 10.5. The minimum Gasteiger partial charge on any atom is -0.504 e. The third-order valence-corrected chi connectivity index (χ3v) is 7.98. The lowest BCUT2D eigenvalue weighted by atomic mass is 9.80. The molecule has 0 bridgehead atoms. The van der Waals surface area contributed by atoms with Crippen molar-refractivity contribution in [1.29, 1.82) is 0 Å². The number of benzene rings is 2. The predicted octanol–water partition coefficient (Wildman–Crippen LogP) is 5.74. The molecular weight excluding hydrogens is 504 g/mol. The molecule has 2 aromatic heterocycles. The van der Waals surface area contributed by atoms with Gasteiger partial charge in [0.1, 0.15) is 22.7 Å². The number of carbonyl (C=O) groups is 1. The Balaban J connectivity index is 1.46. The molecule has 1 unspecified atom stereocenters. The normalized spacial score (nSPS) is 16.4. The summed E-state index contributed by atoms with van der Waals surface area (Å²) in [5, 5.41) is 11.5. The SMILES string of the molecule is CCOC(=O)C1=C(C)C=c2oc(=Cc3ccc(-c4cc(C)c(C)c(C)c4)o3)c(O)c2C1c1ccc2c(c1)OCC2. The van der Waals surface area contributed by atoms with Gasteiger partial charge in [-0.3, -0.25) is 0 Å². The Morgan fingerprint density at radius 1 is 1.05 bits per heavy atom. The second-order valence-corrected chi connectivity index (χ2v) is 10.5. The number of hydrogen-bond acceptors (Lipinski definition) is 6. The van der Waals surface area contributed by atoms with Gasteiger partial charge in [0.15, 0.2) is 11.2 Å². The predicted molar refractivity (Wildman–Crippen MR) is 153 cm³/mol. The zero-order valence-electron chi connectivity index (χ0n) is 23.4. The summed E-state index contributed by atoms with van der Waals surface area (Å²) in [4.78, 5) is 13.2. The molecular formula is C34H32O6. The molecule has 0 amide bonds. The molecule has 3 heterocycles. The summed E-state index contributed by atoms with van der Waals surface area (Å²) in [5.74, 6) is 1.05. The zero-order valence-corrected chi connectivity index (χ0v) is 23.4. The van der Waals surface area contributed by atoms with Crippen molar-refractivity contribution in [1.82, 2.24) is 0 Å². The number of furan rings is 2. The standard InChI is InChI=1S/C34H32O6/c1-6-37-34(36)30-20(4)15-28-32(31(30)23-8-7-22-11-12-38-27(22)16-23)33(35)29(40-28)17-25-9-10-26(39-25)24-13-18(2)21(5)19(3)14-24/h7-10,13-17,31,35H,6,11-12H2,1-5H3. The van der Waals surface area contributed by atoms with Crippen LogP contribution in [0, 0.1) is 20.8 Å². The highest BCUT2D eigenvalue weighted by Crippen LogP contribution is 2.41. The Hall–Kier alpha value is -4.45. The number of ether oxygens (including phenoxy) is 2.